The molecular formula is C22H24N2O2. The van der Waals surface area contributed by atoms with Gasteiger partial charge in [-0.05, 0) is 42.7 Å². The lowest BCUT2D eigenvalue weighted by Crippen LogP contribution is -2.50. The monoisotopic (exact) mass is 348 g/mol. The third-order valence-corrected chi connectivity index (χ3v) is 5.62. The first kappa shape index (κ1) is 16.8. The molecule has 1 aliphatic heterocycles. The zero-order chi connectivity index (χ0) is 18.3. The van der Waals surface area contributed by atoms with E-state index in [0.29, 0.717) is 19.5 Å². The summed E-state index contributed by atoms with van der Waals surface area (Å²) in [4.78, 5) is 29.7. The third kappa shape index (κ3) is 2.90. The summed E-state index contributed by atoms with van der Waals surface area (Å²) in [6, 6.07) is 14.2. The van der Waals surface area contributed by atoms with Gasteiger partial charge in [-0.2, -0.15) is 0 Å². The largest absolute Gasteiger partial charge is 0.368 e. The summed E-state index contributed by atoms with van der Waals surface area (Å²) in [7, 11) is 0. The van der Waals surface area contributed by atoms with Gasteiger partial charge < -0.3 is 9.80 Å². The van der Waals surface area contributed by atoms with Crippen molar-refractivity contribution in [3.8, 4) is 0 Å². The Morgan fingerprint density at radius 1 is 1.00 bits per heavy atom. The van der Waals surface area contributed by atoms with Crippen LogP contribution in [0.15, 0.2) is 42.5 Å². The van der Waals surface area contributed by atoms with E-state index in [-0.39, 0.29) is 17.6 Å². The summed E-state index contributed by atoms with van der Waals surface area (Å²) >= 11 is 0. The van der Waals surface area contributed by atoms with Crippen molar-refractivity contribution in [1.29, 1.82) is 0 Å². The highest BCUT2D eigenvalue weighted by atomic mass is 16.2. The van der Waals surface area contributed by atoms with Crippen molar-refractivity contribution in [3.63, 3.8) is 0 Å². The number of ketones is 1. The Morgan fingerprint density at radius 3 is 2.46 bits per heavy atom. The van der Waals surface area contributed by atoms with Crippen molar-refractivity contribution >= 4 is 17.4 Å². The average Bonchev–Trinajstić information content (AvgIpc) is 2.99. The minimum atomic E-state index is -0.302. The maximum absolute atomic E-state index is 13.1. The van der Waals surface area contributed by atoms with Crippen LogP contribution in [-0.2, 0) is 4.79 Å². The van der Waals surface area contributed by atoms with Crippen molar-refractivity contribution in [1.82, 2.24) is 4.90 Å². The molecule has 1 saturated heterocycles. The SMILES string of the molecule is Cc1cccc(N2CCN(C(=O)C3CC(=O)c4cccc(C)c43)CC2)c1. The second-order valence-electron chi connectivity index (χ2n) is 7.37. The number of piperazine rings is 1. The summed E-state index contributed by atoms with van der Waals surface area (Å²) in [6.45, 7) is 7.16. The smallest absolute Gasteiger partial charge is 0.230 e. The highest BCUT2D eigenvalue weighted by Crippen LogP contribution is 2.37. The fourth-order valence-corrected chi connectivity index (χ4v) is 4.22. The van der Waals surface area contributed by atoms with Crippen LogP contribution in [0.4, 0.5) is 5.69 Å². The molecule has 1 aliphatic carbocycles. The topological polar surface area (TPSA) is 40.6 Å². The van der Waals surface area contributed by atoms with Crippen LogP contribution in [-0.4, -0.2) is 42.8 Å². The molecule has 0 aromatic heterocycles. The maximum Gasteiger partial charge on any atom is 0.230 e. The van der Waals surface area contributed by atoms with E-state index in [9.17, 15) is 9.59 Å². The van der Waals surface area contributed by atoms with Gasteiger partial charge in [0.15, 0.2) is 5.78 Å². The van der Waals surface area contributed by atoms with Crippen LogP contribution in [0.2, 0.25) is 0 Å². The minimum Gasteiger partial charge on any atom is -0.368 e. The molecule has 26 heavy (non-hydrogen) atoms. The van der Waals surface area contributed by atoms with E-state index >= 15 is 0 Å². The van der Waals surface area contributed by atoms with E-state index in [1.54, 1.807) is 0 Å². The van der Waals surface area contributed by atoms with Gasteiger partial charge in [-0.15, -0.1) is 0 Å². The number of fused-ring (bicyclic) bond motifs is 1. The second-order valence-corrected chi connectivity index (χ2v) is 7.37. The van der Waals surface area contributed by atoms with Crippen LogP contribution in [0.1, 0.15) is 39.4 Å². The molecule has 0 N–H and O–H groups in total. The minimum absolute atomic E-state index is 0.0976. The number of aryl methyl sites for hydroxylation is 2. The lowest BCUT2D eigenvalue weighted by molar-refractivity contribution is -0.133. The van der Waals surface area contributed by atoms with Crippen LogP contribution < -0.4 is 4.90 Å². The van der Waals surface area contributed by atoms with Crippen molar-refractivity contribution in [2.24, 2.45) is 0 Å². The molecule has 1 atom stereocenters. The lowest BCUT2D eigenvalue weighted by Gasteiger charge is -2.37. The third-order valence-electron chi connectivity index (χ3n) is 5.62. The van der Waals surface area contributed by atoms with Crippen LogP contribution in [0, 0.1) is 13.8 Å². The molecule has 1 unspecified atom stereocenters. The zero-order valence-corrected chi connectivity index (χ0v) is 15.4. The van der Waals surface area contributed by atoms with Gasteiger partial charge in [0.25, 0.3) is 0 Å². The quantitative estimate of drug-likeness (QED) is 0.836. The summed E-state index contributed by atoms with van der Waals surface area (Å²) in [5, 5.41) is 0. The molecule has 0 radical (unpaired) electrons. The van der Waals surface area contributed by atoms with Crippen molar-refractivity contribution < 1.29 is 9.59 Å². The number of anilines is 1. The van der Waals surface area contributed by atoms with E-state index in [4.69, 9.17) is 0 Å². The lowest BCUT2D eigenvalue weighted by atomic mass is 9.95. The van der Waals surface area contributed by atoms with Gasteiger partial charge in [-0.1, -0.05) is 30.3 Å². The van der Waals surface area contributed by atoms with E-state index in [2.05, 4.69) is 36.1 Å². The molecule has 1 fully saturated rings. The van der Waals surface area contributed by atoms with Crippen molar-refractivity contribution in [2.75, 3.05) is 31.1 Å². The van der Waals surface area contributed by atoms with E-state index < -0.39 is 0 Å². The molecule has 4 nitrogen and oxygen atoms in total. The Labute approximate surface area is 154 Å². The van der Waals surface area contributed by atoms with Crippen LogP contribution in [0.5, 0.6) is 0 Å². The number of hydrogen-bond acceptors (Lipinski definition) is 3. The number of hydrogen-bond donors (Lipinski definition) is 0. The number of amides is 1. The predicted molar refractivity (Wildman–Crippen MR) is 103 cm³/mol. The van der Waals surface area contributed by atoms with Gasteiger partial charge in [-0.3, -0.25) is 9.59 Å². The number of nitrogens with zero attached hydrogens (tertiary/aromatic N) is 2. The van der Waals surface area contributed by atoms with E-state index in [1.165, 1.54) is 11.3 Å². The maximum atomic E-state index is 13.1. The first-order chi connectivity index (χ1) is 12.5. The summed E-state index contributed by atoms with van der Waals surface area (Å²) in [5.41, 5.74) is 5.20. The first-order valence-corrected chi connectivity index (χ1v) is 9.27. The van der Waals surface area contributed by atoms with Crippen LogP contribution in [0.25, 0.3) is 0 Å². The summed E-state index contributed by atoms with van der Waals surface area (Å²) < 4.78 is 0. The Kier molecular flexibility index (Phi) is 4.27. The summed E-state index contributed by atoms with van der Waals surface area (Å²) in [5.74, 6) is -0.0973. The molecule has 2 aromatic carbocycles. The number of benzene rings is 2. The Balaban J connectivity index is 1.48. The van der Waals surface area contributed by atoms with Crippen LogP contribution >= 0.6 is 0 Å². The molecule has 1 heterocycles. The molecule has 4 rings (SSSR count). The Morgan fingerprint density at radius 2 is 1.73 bits per heavy atom. The fraction of sp³-hybridized carbons (Fsp3) is 0.364. The highest BCUT2D eigenvalue weighted by molar-refractivity contribution is 6.07. The highest BCUT2D eigenvalue weighted by Gasteiger charge is 2.38. The first-order valence-electron chi connectivity index (χ1n) is 9.27. The fourth-order valence-electron chi connectivity index (χ4n) is 4.22. The van der Waals surface area contributed by atoms with Gasteiger partial charge in [0.05, 0.1) is 5.92 Å². The van der Waals surface area contributed by atoms with E-state index in [0.717, 1.165) is 29.8 Å². The predicted octanol–water partition coefficient (Wildman–Crippen LogP) is 3.32. The standard InChI is InChI=1S/C22H24N2O2/c1-15-5-3-7-17(13-15)23-9-11-24(12-10-23)22(26)19-14-20(25)18-8-4-6-16(2)21(18)19/h3-8,13,19H,9-12,14H2,1-2H3. The molecule has 2 aliphatic rings. The zero-order valence-electron chi connectivity index (χ0n) is 15.4. The second kappa shape index (κ2) is 6.60. The molecular weight excluding hydrogens is 324 g/mol. The Bertz CT molecular complexity index is 866. The Hall–Kier alpha value is -2.62. The summed E-state index contributed by atoms with van der Waals surface area (Å²) in [6.07, 6.45) is 0.317. The normalized spacial score (nSPS) is 19.6. The van der Waals surface area contributed by atoms with Gasteiger partial charge in [-0.25, -0.2) is 0 Å². The average molecular weight is 348 g/mol. The number of carbonyl (C=O) groups is 2. The number of rotatable bonds is 2. The molecule has 134 valence electrons. The molecule has 1 amide bonds. The number of carbonyl (C=O) groups excluding carboxylic acids is 2. The van der Waals surface area contributed by atoms with Gasteiger partial charge >= 0.3 is 0 Å². The molecule has 0 saturated carbocycles. The van der Waals surface area contributed by atoms with Gasteiger partial charge in [0.2, 0.25) is 5.91 Å². The molecule has 4 heteroatoms. The van der Waals surface area contributed by atoms with Crippen molar-refractivity contribution in [3.05, 3.63) is 64.7 Å². The van der Waals surface area contributed by atoms with Crippen molar-refractivity contribution in [2.45, 2.75) is 26.2 Å². The molecule has 0 bridgehead atoms. The van der Waals surface area contributed by atoms with Gasteiger partial charge in [0, 0.05) is 43.9 Å². The van der Waals surface area contributed by atoms with E-state index in [1.807, 2.05) is 30.0 Å². The molecule has 2 aromatic rings. The van der Waals surface area contributed by atoms with Gasteiger partial charge in [0.1, 0.15) is 0 Å². The number of Topliss-reactive ketones (excluding diaryl/α,β-unsaturated/α-hetero) is 1. The van der Waals surface area contributed by atoms with Crippen LogP contribution in [0.3, 0.4) is 0 Å². The molecule has 0 spiro atoms.